The standard InChI is InChI=1S/C19H22Cl2N4O3S/c1-2-28-10-9-24-5-7-25(8-6-24)18(27)16-12-29-19(22-16)23-17(26)13-3-4-14(20)15(21)11-13/h3-4,11-12H,2,5-10H2,1H3,(H,22,23,26). The van der Waals surface area contributed by atoms with Gasteiger partial charge in [-0.25, -0.2) is 4.98 Å². The maximum absolute atomic E-state index is 12.7. The SMILES string of the molecule is CCOCCN1CCN(C(=O)c2csc(NC(=O)c3ccc(Cl)c(Cl)c3)n2)CC1. The molecule has 1 aliphatic heterocycles. The van der Waals surface area contributed by atoms with Gasteiger partial charge in [0, 0.05) is 50.3 Å². The summed E-state index contributed by atoms with van der Waals surface area (Å²) in [6, 6.07) is 4.63. The van der Waals surface area contributed by atoms with Crippen molar-refractivity contribution in [3.05, 3.63) is 44.9 Å². The van der Waals surface area contributed by atoms with Crippen LogP contribution in [0.3, 0.4) is 0 Å². The molecular weight excluding hydrogens is 435 g/mol. The Kier molecular flexibility index (Phi) is 7.85. The number of halogens is 2. The summed E-state index contributed by atoms with van der Waals surface area (Å²) in [4.78, 5) is 33.4. The Morgan fingerprint density at radius 1 is 1.21 bits per heavy atom. The molecule has 0 atom stereocenters. The molecule has 1 aliphatic rings. The number of rotatable bonds is 7. The van der Waals surface area contributed by atoms with Crippen LogP contribution in [-0.2, 0) is 4.74 Å². The molecule has 2 heterocycles. The Bertz CT molecular complexity index is 869. The molecule has 3 rings (SSSR count). The Labute approximate surface area is 183 Å². The van der Waals surface area contributed by atoms with Gasteiger partial charge in [0.1, 0.15) is 5.69 Å². The molecule has 1 saturated heterocycles. The van der Waals surface area contributed by atoms with E-state index in [1.165, 1.54) is 17.4 Å². The predicted molar refractivity (Wildman–Crippen MR) is 115 cm³/mol. The Morgan fingerprint density at radius 3 is 2.66 bits per heavy atom. The van der Waals surface area contributed by atoms with Crippen LogP contribution in [0.15, 0.2) is 23.6 Å². The van der Waals surface area contributed by atoms with E-state index in [9.17, 15) is 9.59 Å². The van der Waals surface area contributed by atoms with Crippen molar-refractivity contribution in [2.24, 2.45) is 0 Å². The van der Waals surface area contributed by atoms with Crippen LogP contribution >= 0.6 is 34.5 Å². The third kappa shape index (κ3) is 5.90. The van der Waals surface area contributed by atoms with Gasteiger partial charge in [-0.1, -0.05) is 23.2 Å². The van der Waals surface area contributed by atoms with Crippen LogP contribution in [0.1, 0.15) is 27.8 Å². The van der Waals surface area contributed by atoms with Crippen molar-refractivity contribution in [3.8, 4) is 0 Å². The zero-order chi connectivity index (χ0) is 20.8. The first-order chi connectivity index (χ1) is 14.0. The van der Waals surface area contributed by atoms with Gasteiger partial charge in [-0.05, 0) is 25.1 Å². The normalized spacial score (nSPS) is 14.8. The maximum Gasteiger partial charge on any atom is 0.273 e. The maximum atomic E-state index is 12.7. The van der Waals surface area contributed by atoms with Crippen molar-refractivity contribution in [3.63, 3.8) is 0 Å². The molecule has 1 fully saturated rings. The summed E-state index contributed by atoms with van der Waals surface area (Å²) in [6.07, 6.45) is 0. The first-order valence-corrected chi connectivity index (χ1v) is 10.9. The summed E-state index contributed by atoms with van der Waals surface area (Å²) in [5, 5.41) is 5.39. The highest BCUT2D eigenvalue weighted by molar-refractivity contribution is 7.14. The largest absolute Gasteiger partial charge is 0.380 e. The van der Waals surface area contributed by atoms with E-state index in [0.29, 0.717) is 52.7 Å². The molecule has 7 nitrogen and oxygen atoms in total. The fourth-order valence-corrected chi connectivity index (χ4v) is 3.89. The van der Waals surface area contributed by atoms with Crippen LogP contribution in [0.4, 0.5) is 5.13 Å². The number of piperazine rings is 1. The van der Waals surface area contributed by atoms with E-state index in [4.69, 9.17) is 27.9 Å². The molecule has 1 N–H and O–H groups in total. The number of aromatic nitrogens is 1. The van der Waals surface area contributed by atoms with Crippen LogP contribution in [0.5, 0.6) is 0 Å². The minimum atomic E-state index is -0.361. The molecule has 1 aromatic heterocycles. The minimum Gasteiger partial charge on any atom is -0.380 e. The Hall–Kier alpha value is -1.71. The number of hydrogen-bond donors (Lipinski definition) is 1. The van der Waals surface area contributed by atoms with Crippen molar-refractivity contribution in [1.29, 1.82) is 0 Å². The fourth-order valence-electron chi connectivity index (χ4n) is 2.91. The third-order valence-electron chi connectivity index (χ3n) is 4.54. The number of benzene rings is 1. The summed E-state index contributed by atoms with van der Waals surface area (Å²) in [5.74, 6) is -0.486. The van der Waals surface area contributed by atoms with Crippen LogP contribution in [-0.4, -0.2) is 72.5 Å². The summed E-state index contributed by atoms with van der Waals surface area (Å²) < 4.78 is 5.38. The average molecular weight is 457 g/mol. The Morgan fingerprint density at radius 2 is 1.97 bits per heavy atom. The molecule has 2 amide bonds. The highest BCUT2D eigenvalue weighted by Crippen LogP contribution is 2.24. The van der Waals surface area contributed by atoms with Crippen molar-refractivity contribution in [2.75, 3.05) is 51.3 Å². The number of amides is 2. The molecule has 2 aromatic rings. The van der Waals surface area contributed by atoms with E-state index in [-0.39, 0.29) is 11.8 Å². The molecule has 0 unspecified atom stereocenters. The van der Waals surface area contributed by atoms with Crippen LogP contribution in [0.25, 0.3) is 0 Å². The molecule has 0 aliphatic carbocycles. The lowest BCUT2D eigenvalue weighted by molar-refractivity contribution is 0.0560. The monoisotopic (exact) mass is 456 g/mol. The molecule has 0 saturated carbocycles. The van der Waals surface area contributed by atoms with Gasteiger partial charge in [0.2, 0.25) is 0 Å². The van der Waals surface area contributed by atoms with Crippen molar-refractivity contribution >= 4 is 51.5 Å². The van der Waals surface area contributed by atoms with E-state index in [1.54, 1.807) is 22.4 Å². The fraction of sp³-hybridized carbons (Fsp3) is 0.421. The number of nitrogens with zero attached hydrogens (tertiary/aromatic N) is 3. The smallest absolute Gasteiger partial charge is 0.273 e. The average Bonchev–Trinajstić information content (AvgIpc) is 3.18. The molecule has 0 radical (unpaired) electrons. The zero-order valence-electron chi connectivity index (χ0n) is 16.0. The highest BCUT2D eigenvalue weighted by atomic mass is 35.5. The zero-order valence-corrected chi connectivity index (χ0v) is 18.3. The van der Waals surface area contributed by atoms with Gasteiger partial charge >= 0.3 is 0 Å². The molecule has 10 heteroatoms. The lowest BCUT2D eigenvalue weighted by Crippen LogP contribution is -2.49. The second-order valence-electron chi connectivity index (χ2n) is 6.45. The quantitative estimate of drug-likeness (QED) is 0.645. The van der Waals surface area contributed by atoms with Crippen LogP contribution in [0, 0.1) is 0 Å². The van der Waals surface area contributed by atoms with E-state index in [0.717, 1.165) is 19.6 Å². The first-order valence-electron chi connectivity index (χ1n) is 9.29. The second kappa shape index (κ2) is 10.4. The number of hydrogen-bond acceptors (Lipinski definition) is 6. The van der Waals surface area contributed by atoms with Gasteiger partial charge in [-0.15, -0.1) is 11.3 Å². The van der Waals surface area contributed by atoms with Crippen molar-refractivity contribution < 1.29 is 14.3 Å². The minimum absolute atomic E-state index is 0.124. The number of carbonyl (C=O) groups excluding carboxylic acids is 2. The van der Waals surface area contributed by atoms with Crippen LogP contribution in [0.2, 0.25) is 10.0 Å². The van der Waals surface area contributed by atoms with Crippen molar-refractivity contribution in [2.45, 2.75) is 6.92 Å². The lowest BCUT2D eigenvalue weighted by Gasteiger charge is -2.34. The first kappa shape index (κ1) is 22.0. The van der Waals surface area contributed by atoms with Crippen molar-refractivity contribution in [1.82, 2.24) is 14.8 Å². The van der Waals surface area contributed by atoms with E-state index >= 15 is 0 Å². The number of carbonyl (C=O) groups is 2. The summed E-state index contributed by atoms with van der Waals surface area (Å²) in [7, 11) is 0. The Balaban J connectivity index is 1.53. The second-order valence-corrected chi connectivity index (χ2v) is 8.12. The number of nitrogens with one attached hydrogen (secondary N) is 1. The van der Waals surface area contributed by atoms with Gasteiger partial charge in [0.15, 0.2) is 5.13 Å². The molecule has 156 valence electrons. The molecule has 29 heavy (non-hydrogen) atoms. The van der Waals surface area contributed by atoms with Crippen LogP contribution < -0.4 is 5.32 Å². The van der Waals surface area contributed by atoms with E-state index in [2.05, 4.69) is 15.2 Å². The molecule has 1 aromatic carbocycles. The molecule has 0 spiro atoms. The summed E-state index contributed by atoms with van der Waals surface area (Å²) in [6.45, 7) is 7.18. The van der Waals surface area contributed by atoms with E-state index < -0.39 is 0 Å². The van der Waals surface area contributed by atoms with Gasteiger partial charge in [-0.3, -0.25) is 19.8 Å². The van der Waals surface area contributed by atoms with E-state index in [1.807, 2.05) is 6.92 Å². The lowest BCUT2D eigenvalue weighted by atomic mass is 10.2. The highest BCUT2D eigenvalue weighted by Gasteiger charge is 2.24. The predicted octanol–water partition coefficient (Wildman–Crippen LogP) is 3.50. The summed E-state index contributed by atoms with van der Waals surface area (Å²) >= 11 is 13.0. The van der Waals surface area contributed by atoms with Gasteiger partial charge in [0.05, 0.1) is 16.7 Å². The van der Waals surface area contributed by atoms with Gasteiger partial charge in [0.25, 0.3) is 11.8 Å². The number of thiazole rings is 1. The number of anilines is 1. The summed E-state index contributed by atoms with van der Waals surface area (Å²) in [5.41, 5.74) is 0.702. The van der Waals surface area contributed by atoms with Gasteiger partial charge < -0.3 is 9.64 Å². The molecule has 0 bridgehead atoms. The van der Waals surface area contributed by atoms with Gasteiger partial charge in [-0.2, -0.15) is 0 Å². The molecular formula is C19H22Cl2N4O3S. The number of ether oxygens (including phenoxy) is 1. The third-order valence-corrected chi connectivity index (χ3v) is 6.04. The topological polar surface area (TPSA) is 74.8 Å².